The molecular formula is C12H19ClN2O. The van der Waals surface area contributed by atoms with Crippen LogP contribution in [0, 0.1) is 5.92 Å². The van der Waals surface area contributed by atoms with Gasteiger partial charge in [-0.2, -0.15) is 0 Å². The van der Waals surface area contributed by atoms with Crippen LogP contribution in [0.15, 0.2) is 22.8 Å². The first-order chi connectivity index (χ1) is 7.50. The number of halogens is 1. The number of allylic oxidation sites excluding steroid dienone is 3. The summed E-state index contributed by atoms with van der Waals surface area (Å²) in [5.41, 5.74) is 1.13. The molecule has 0 radical (unpaired) electrons. The molecule has 0 aliphatic heterocycles. The molecule has 1 atom stereocenters. The van der Waals surface area contributed by atoms with E-state index < -0.39 is 0 Å². The highest BCUT2D eigenvalue weighted by molar-refractivity contribution is 6.31. The number of hydrogen-bond donors (Lipinski definition) is 1. The molecule has 90 valence electrons. The van der Waals surface area contributed by atoms with Crippen LogP contribution in [0.5, 0.6) is 0 Å². The Hall–Kier alpha value is -0.800. The lowest BCUT2D eigenvalue weighted by molar-refractivity contribution is -0.123. The zero-order valence-electron chi connectivity index (χ0n) is 10.1. The molecule has 1 rings (SSSR count). The monoisotopic (exact) mass is 242 g/mol. The van der Waals surface area contributed by atoms with Gasteiger partial charge < -0.3 is 10.2 Å². The van der Waals surface area contributed by atoms with Crippen molar-refractivity contribution in [2.45, 2.75) is 13.3 Å². The standard InChI is InChI=1S/C12H19ClN2O/c1-9-4-5-10(11(13)8-9)12(16)14-6-7-15(2)3/h4,8,10H,5-7H2,1-3H3,(H,14,16). The van der Waals surface area contributed by atoms with Gasteiger partial charge in [-0.15, -0.1) is 0 Å². The molecule has 16 heavy (non-hydrogen) atoms. The van der Waals surface area contributed by atoms with Crippen molar-refractivity contribution >= 4 is 17.5 Å². The predicted octanol–water partition coefficient (Wildman–Crippen LogP) is 1.75. The van der Waals surface area contributed by atoms with Gasteiger partial charge in [0.25, 0.3) is 0 Å². The average molecular weight is 243 g/mol. The van der Waals surface area contributed by atoms with Gasteiger partial charge in [0, 0.05) is 18.1 Å². The molecule has 1 aliphatic rings. The van der Waals surface area contributed by atoms with E-state index in [2.05, 4.69) is 5.32 Å². The van der Waals surface area contributed by atoms with Gasteiger partial charge in [0.1, 0.15) is 0 Å². The Morgan fingerprint density at radius 1 is 1.62 bits per heavy atom. The van der Waals surface area contributed by atoms with Gasteiger partial charge in [0.2, 0.25) is 5.91 Å². The Kier molecular flexibility index (Phi) is 5.03. The van der Waals surface area contributed by atoms with Crippen molar-refractivity contribution in [3.8, 4) is 0 Å². The summed E-state index contributed by atoms with van der Waals surface area (Å²) < 4.78 is 0. The van der Waals surface area contributed by atoms with Crippen LogP contribution in [0.4, 0.5) is 0 Å². The van der Waals surface area contributed by atoms with Gasteiger partial charge >= 0.3 is 0 Å². The highest BCUT2D eigenvalue weighted by atomic mass is 35.5. The Morgan fingerprint density at radius 3 is 2.88 bits per heavy atom. The fourth-order valence-electron chi connectivity index (χ4n) is 1.55. The number of likely N-dealkylation sites (N-methyl/N-ethyl adjacent to an activating group) is 1. The lowest BCUT2D eigenvalue weighted by Gasteiger charge is -2.19. The van der Waals surface area contributed by atoms with Crippen LogP contribution in [0.2, 0.25) is 0 Å². The van der Waals surface area contributed by atoms with Gasteiger partial charge in [-0.05, 0) is 33.5 Å². The molecule has 0 spiro atoms. The third-order valence-electron chi connectivity index (χ3n) is 2.55. The number of rotatable bonds is 4. The van der Waals surface area contributed by atoms with E-state index in [1.54, 1.807) is 0 Å². The minimum absolute atomic E-state index is 0.0202. The molecule has 1 amide bonds. The summed E-state index contributed by atoms with van der Waals surface area (Å²) in [6.45, 7) is 3.49. The SMILES string of the molecule is CC1=CCC(C(=O)NCCN(C)C)C(Cl)=C1. The predicted molar refractivity (Wildman–Crippen MR) is 67.4 cm³/mol. The quantitative estimate of drug-likeness (QED) is 0.815. The number of nitrogens with zero attached hydrogens (tertiary/aromatic N) is 1. The average Bonchev–Trinajstić information content (AvgIpc) is 2.16. The van der Waals surface area contributed by atoms with Gasteiger partial charge in [-0.25, -0.2) is 0 Å². The van der Waals surface area contributed by atoms with E-state index in [4.69, 9.17) is 11.6 Å². The van der Waals surface area contributed by atoms with E-state index in [9.17, 15) is 4.79 Å². The van der Waals surface area contributed by atoms with E-state index in [0.29, 0.717) is 18.0 Å². The summed E-state index contributed by atoms with van der Waals surface area (Å²) in [4.78, 5) is 13.8. The molecule has 3 nitrogen and oxygen atoms in total. The lowest BCUT2D eigenvalue weighted by atomic mass is 9.96. The van der Waals surface area contributed by atoms with Crippen LogP contribution < -0.4 is 5.32 Å². The lowest BCUT2D eigenvalue weighted by Crippen LogP contribution is -2.36. The van der Waals surface area contributed by atoms with Crippen LogP contribution in [0.25, 0.3) is 0 Å². The minimum Gasteiger partial charge on any atom is -0.354 e. The van der Waals surface area contributed by atoms with Crippen LogP contribution in [-0.2, 0) is 4.79 Å². The molecule has 0 aromatic heterocycles. The van der Waals surface area contributed by atoms with E-state index in [1.165, 1.54) is 0 Å². The first-order valence-electron chi connectivity index (χ1n) is 5.47. The highest BCUT2D eigenvalue weighted by Gasteiger charge is 2.22. The Morgan fingerprint density at radius 2 is 2.31 bits per heavy atom. The van der Waals surface area contributed by atoms with Crippen molar-refractivity contribution in [3.05, 3.63) is 22.8 Å². The van der Waals surface area contributed by atoms with Crippen molar-refractivity contribution < 1.29 is 4.79 Å². The molecule has 1 N–H and O–H groups in total. The summed E-state index contributed by atoms with van der Waals surface area (Å²) in [6, 6.07) is 0. The number of amides is 1. The molecular weight excluding hydrogens is 224 g/mol. The molecule has 4 heteroatoms. The van der Waals surface area contributed by atoms with Gasteiger partial charge in [0.05, 0.1) is 5.92 Å². The Bertz CT molecular complexity index is 321. The Balaban J connectivity index is 2.41. The third kappa shape index (κ3) is 3.99. The number of hydrogen-bond acceptors (Lipinski definition) is 2. The molecule has 0 saturated heterocycles. The highest BCUT2D eigenvalue weighted by Crippen LogP contribution is 2.26. The minimum atomic E-state index is -0.201. The summed E-state index contributed by atoms with van der Waals surface area (Å²) in [6.07, 6.45) is 4.61. The van der Waals surface area contributed by atoms with Crippen molar-refractivity contribution in [2.75, 3.05) is 27.2 Å². The maximum absolute atomic E-state index is 11.8. The summed E-state index contributed by atoms with van der Waals surface area (Å²) in [7, 11) is 3.96. The number of carbonyl (C=O) groups is 1. The van der Waals surface area contributed by atoms with E-state index >= 15 is 0 Å². The summed E-state index contributed by atoms with van der Waals surface area (Å²) in [5, 5.41) is 3.53. The summed E-state index contributed by atoms with van der Waals surface area (Å²) in [5.74, 6) is -0.181. The molecule has 0 heterocycles. The topological polar surface area (TPSA) is 32.3 Å². The van der Waals surface area contributed by atoms with Crippen LogP contribution in [0.1, 0.15) is 13.3 Å². The third-order valence-corrected chi connectivity index (χ3v) is 2.92. The van der Waals surface area contributed by atoms with Crippen LogP contribution in [0.3, 0.4) is 0 Å². The second-order valence-corrected chi connectivity index (χ2v) is 4.80. The van der Waals surface area contributed by atoms with Gasteiger partial charge in [-0.1, -0.05) is 23.3 Å². The van der Waals surface area contributed by atoms with Crippen molar-refractivity contribution in [3.63, 3.8) is 0 Å². The van der Waals surface area contributed by atoms with E-state index in [-0.39, 0.29) is 11.8 Å². The van der Waals surface area contributed by atoms with Crippen molar-refractivity contribution in [2.24, 2.45) is 5.92 Å². The molecule has 0 bridgehead atoms. The first-order valence-corrected chi connectivity index (χ1v) is 5.85. The fourth-order valence-corrected chi connectivity index (χ4v) is 1.91. The van der Waals surface area contributed by atoms with E-state index in [1.807, 2.05) is 38.1 Å². The van der Waals surface area contributed by atoms with Gasteiger partial charge in [-0.3, -0.25) is 4.79 Å². The van der Waals surface area contributed by atoms with Crippen molar-refractivity contribution in [1.29, 1.82) is 0 Å². The van der Waals surface area contributed by atoms with Gasteiger partial charge in [0.15, 0.2) is 0 Å². The molecule has 1 unspecified atom stereocenters. The second kappa shape index (κ2) is 6.06. The fraction of sp³-hybridized carbons (Fsp3) is 0.583. The van der Waals surface area contributed by atoms with Crippen LogP contribution >= 0.6 is 11.6 Å². The molecule has 0 aromatic rings. The van der Waals surface area contributed by atoms with Crippen molar-refractivity contribution in [1.82, 2.24) is 10.2 Å². The first kappa shape index (κ1) is 13.3. The zero-order chi connectivity index (χ0) is 12.1. The number of nitrogens with one attached hydrogen (secondary N) is 1. The molecule has 0 fully saturated rings. The largest absolute Gasteiger partial charge is 0.354 e. The van der Waals surface area contributed by atoms with E-state index in [0.717, 1.165) is 12.1 Å². The Labute approximate surface area is 102 Å². The van der Waals surface area contributed by atoms with Crippen LogP contribution in [-0.4, -0.2) is 38.0 Å². The molecule has 1 aliphatic carbocycles. The molecule has 0 saturated carbocycles. The zero-order valence-corrected chi connectivity index (χ0v) is 10.8. The number of carbonyl (C=O) groups excluding carboxylic acids is 1. The normalized spacial score (nSPS) is 20.4. The maximum Gasteiger partial charge on any atom is 0.228 e. The second-order valence-electron chi connectivity index (χ2n) is 4.36. The smallest absolute Gasteiger partial charge is 0.228 e. The maximum atomic E-state index is 11.8. The summed E-state index contributed by atoms with van der Waals surface area (Å²) >= 11 is 6.06. The molecule has 0 aromatic carbocycles.